The van der Waals surface area contributed by atoms with Crippen molar-refractivity contribution < 1.29 is 14.6 Å². The van der Waals surface area contributed by atoms with Gasteiger partial charge in [-0.15, -0.1) is 0 Å². The number of hydrogen-bond acceptors (Lipinski definition) is 3. The van der Waals surface area contributed by atoms with Crippen molar-refractivity contribution >= 4 is 5.97 Å². The van der Waals surface area contributed by atoms with Crippen molar-refractivity contribution in [2.45, 2.75) is 51.0 Å². The largest absolute Gasteiger partial charge is 0.507 e. The molecule has 2 atom stereocenters. The number of aliphatic hydroxyl groups excluding tert-OH is 1. The Bertz CT molecular complexity index is 613. The molecule has 2 unspecified atom stereocenters. The van der Waals surface area contributed by atoms with Gasteiger partial charge in [-0.05, 0) is 37.7 Å². The molecule has 0 aromatic heterocycles. The molecular weight excluding hydrogens is 276 g/mol. The van der Waals surface area contributed by atoms with Gasteiger partial charge in [-0.3, -0.25) is 0 Å². The molecule has 116 valence electrons. The van der Waals surface area contributed by atoms with Crippen LogP contribution >= 0.6 is 0 Å². The van der Waals surface area contributed by atoms with Crippen LogP contribution in [0.25, 0.3) is 0 Å². The highest BCUT2D eigenvalue weighted by atomic mass is 16.5. The van der Waals surface area contributed by atoms with Crippen LogP contribution in [0.15, 0.2) is 53.3 Å². The summed E-state index contributed by atoms with van der Waals surface area (Å²) < 4.78 is 5.63. The summed E-state index contributed by atoms with van der Waals surface area (Å²) in [5.74, 6) is -0.338. The van der Waals surface area contributed by atoms with Gasteiger partial charge in [0.15, 0.2) is 0 Å². The third kappa shape index (κ3) is 2.68. The van der Waals surface area contributed by atoms with Crippen molar-refractivity contribution in [3.05, 3.63) is 58.9 Å². The number of rotatable bonds is 3. The number of benzene rings is 1. The molecule has 3 rings (SSSR count). The van der Waals surface area contributed by atoms with Gasteiger partial charge in [0.1, 0.15) is 11.9 Å². The third-order valence-corrected chi connectivity index (χ3v) is 4.59. The van der Waals surface area contributed by atoms with Gasteiger partial charge in [-0.25, -0.2) is 4.79 Å². The molecule has 22 heavy (non-hydrogen) atoms. The Hall–Kier alpha value is -2.03. The predicted octanol–water partition coefficient (Wildman–Crippen LogP) is 4.42. The van der Waals surface area contributed by atoms with E-state index in [4.69, 9.17) is 4.74 Å². The van der Waals surface area contributed by atoms with Crippen molar-refractivity contribution in [3.8, 4) is 0 Å². The van der Waals surface area contributed by atoms with Gasteiger partial charge in [0.2, 0.25) is 0 Å². The van der Waals surface area contributed by atoms with Gasteiger partial charge in [-0.2, -0.15) is 0 Å². The fourth-order valence-electron chi connectivity index (χ4n) is 3.43. The number of fused-ring (bicyclic) bond motifs is 1. The van der Waals surface area contributed by atoms with Crippen LogP contribution in [0.3, 0.4) is 0 Å². The number of esters is 1. The highest BCUT2D eigenvalue weighted by molar-refractivity contribution is 5.93. The lowest BCUT2D eigenvalue weighted by atomic mass is 9.84. The second kappa shape index (κ2) is 6.39. The number of ether oxygens (including phenoxy) is 1. The highest BCUT2D eigenvalue weighted by Gasteiger charge is 2.37. The van der Waals surface area contributed by atoms with E-state index in [1.54, 1.807) is 0 Å². The number of hydrogen-bond donors (Lipinski definition) is 1. The Balaban J connectivity index is 2.05. The van der Waals surface area contributed by atoms with Crippen LogP contribution in [0.2, 0.25) is 0 Å². The molecule has 3 nitrogen and oxygen atoms in total. The molecular formula is C19H22O3. The van der Waals surface area contributed by atoms with Crippen LogP contribution in [0.5, 0.6) is 0 Å². The second-order valence-electron chi connectivity index (χ2n) is 5.97. The smallest absolute Gasteiger partial charge is 0.339 e. The standard InChI is InChI=1S/C19H22O3/c1-2-14(13-9-5-3-6-10-13)17-18(20)15-11-7-4-8-12-16(15)22-19(17)21/h3,5-6,9-11,14,16,20H,2,4,7-8,12H2,1H3. The maximum atomic E-state index is 12.5. The molecule has 1 aromatic carbocycles. The van der Waals surface area contributed by atoms with Crippen LogP contribution in [-0.2, 0) is 9.53 Å². The van der Waals surface area contributed by atoms with Crippen molar-refractivity contribution in [1.82, 2.24) is 0 Å². The lowest BCUT2D eigenvalue weighted by Gasteiger charge is -2.29. The van der Waals surface area contributed by atoms with E-state index in [9.17, 15) is 9.90 Å². The Kier molecular flexibility index (Phi) is 4.32. The van der Waals surface area contributed by atoms with E-state index in [0.29, 0.717) is 5.57 Å². The molecule has 0 amide bonds. The summed E-state index contributed by atoms with van der Waals surface area (Å²) in [6, 6.07) is 9.85. The van der Waals surface area contributed by atoms with Crippen LogP contribution in [0.1, 0.15) is 50.5 Å². The lowest BCUT2D eigenvalue weighted by Crippen LogP contribution is -2.31. The van der Waals surface area contributed by atoms with Crippen molar-refractivity contribution in [2.24, 2.45) is 0 Å². The van der Waals surface area contributed by atoms with E-state index in [-0.39, 0.29) is 23.8 Å². The molecule has 0 saturated heterocycles. The Morgan fingerprint density at radius 1 is 1.27 bits per heavy atom. The van der Waals surface area contributed by atoms with E-state index in [1.165, 1.54) is 0 Å². The van der Waals surface area contributed by atoms with Crippen molar-refractivity contribution in [1.29, 1.82) is 0 Å². The Labute approximate surface area is 131 Å². The molecule has 1 aliphatic carbocycles. The summed E-state index contributed by atoms with van der Waals surface area (Å²) in [4.78, 5) is 12.5. The zero-order chi connectivity index (χ0) is 15.5. The van der Waals surface area contributed by atoms with Gasteiger partial charge in [0, 0.05) is 11.5 Å². The van der Waals surface area contributed by atoms with Crippen molar-refractivity contribution in [2.75, 3.05) is 0 Å². The van der Waals surface area contributed by atoms with Gasteiger partial charge in [0.05, 0.1) is 5.57 Å². The highest BCUT2D eigenvalue weighted by Crippen LogP contribution is 2.38. The molecule has 0 spiro atoms. The van der Waals surface area contributed by atoms with E-state index >= 15 is 0 Å². The van der Waals surface area contributed by atoms with Crippen LogP contribution in [-0.4, -0.2) is 17.2 Å². The lowest BCUT2D eigenvalue weighted by molar-refractivity contribution is -0.144. The first-order valence-corrected chi connectivity index (χ1v) is 8.11. The molecule has 1 aliphatic heterocycles. The molecule has 1 heterocycles. The minimum Gasteiger partial charge on any atom is -0.507 e. The number of allylic oxidation sites excluding steroid dienone is 1. The third-order valence-electron chi connectivity index (χ3n) is 4.59. The van der Waals surface area contributed by atoms with E-state index in [2.05, 4.69) is 0 Å². The molecule has 1 aromatic rings. The summed E-state index contributed by atoms with van der Waals surface area (Å²) in [5, 5.41) is 10.7. The maximum absolute atomic E-state index is 12.5. The van der Waals surface area contributed by atoms with E-state index in [1.807, 2.05) is 43.3 Å². The maximum Gasteiger partial charge on any atom is 0.339 e. The summed E-state index contributed by atoms with van der Waals surface area (Å²) in [6.07, 6.45) is 6.35. The summed E-state index contributed by atoms with van der Waals surface area (Å²) >= 11 is 0. The molecule has 2 aliphatic rings. The Morgan fingerprint density at radius 3 is 2.77 bits per heavy atom. The van der Waals surface area contributed by atoms with Gasteiger partial charge >= 0.3 is 5.97 Å². The number of aliphatic hydroxyl groups is 1. The topological polar surface area (TPSA) is 46.5 Å². The second-order valence-corrected chi connectivity index (χ2v) is 5.97. The van der Waals surface area contributed by atoms with Crippen LogP contribution < -0.4 is 0 Å². The van der Waals surface area contributed by atoms with Crippen LogP contribution in [0, 0.1) is 0 Å². The summed E-state index contributed by atoms with van der Waals surface area (Å²) in [5.41, 5.74) is 2.26. The molecule has 0 bridgehead atoms. The SMILES string of the molecule is CCC(C1=C(O)C2=CCCCCC2OC1=O)c1ccccc1. The van der Waals surface area contributed by atoms with Gasteiger partial charge in [-0.1, -0.05) is 43.3 Å². The Morgan fingerprint density at radius 2 is 2.05 bits per heavy atom. The van der Waals surface area contributed by atoms with E-state index < -0.39 is 0 Å². The monoisotopic (exact) mass is 298 g/mol. The minimum absolute atomic E-state index is 0.126. The summed E-state index contributed by atoms with van der Waals surface area (Å²) in [6.45, 7) is 2.03. The molecule has 0 saturated carbocycles. The average Bonchev–Trinajstić information content (AvgIpc) is 2.77. The first-order valence-electron chi connectivity index (χ1n) is 8.11. The normalized spacial score (nSPS) is 23.2. The fourth-order valence-corrected chi connectivity index (χ4v) is 3.43. The molecule has 3 heteroatoms. The quantitative estimate of drug-likeness (QED) is 0.840. The number of carbonyl (C=O) groups excluding carboxylic acids is 1. The molecule has 0 radical (unpaired) electrons. The zero-order valence-corrected chi connectivity index (χ0v) is 12.9. The predicted molar refractivity (Wildman–Crippen MR) is 85.6 cm³/mol. The van der Waals surface area contributed by atoms with Gasteiger partial charge < -0.3 is 9.84 Å². The average molecular weight is 298 g/mol. The first-order chi connectivity index (χ1) is 10.7. The summed E-state index contributed by atoms with van der Waals surface area (Å²) in [7, 11) is 0. The molecule has 1 N–H and O–H groups in total. The molecule has 0 fully saturated rings. The van der Waals surface area contributed by atoms with E-state index in [0.717, 1.165) is 43.2 Å². The first kappa shape index (κ1) is 14.9. The zero-order valence-electron chi connectivity index (χ0n) is 12.9. The minimum atomic E-state index is -0.364. The van der Waals surface area contributed by atoms with Gasteiger partial charge in [0.25, 0.3) is 0 Å². The van der Waals surface area contributed by atoms with Crippen molar-refractivity contribution in [3.63, 3.8) is 0 Å². The fraction of sp³-hybridized carbons (Fsp3) is 0.421. The number of carbonyl (C=O) groups is 1. The van der Waals surface area contributed by atoms with Crippen LogP contribution in [0.4, 0.5) is 0 Å².